The van der Waals surface area contributed by atoms with Gasteiger partial charge in [-0.1, -0.05) is 17.7 Å². The molecule has 0 aliphatic heterocycles. The van der Waals surface area contributed by atoms with Crippen LogP contribution in [0.3, 0.4) is 0 Å². The summed E-state index contributed by atoms with van der Waals surface area (Å²) in [7, 11) is 0. The molecule has 0 aliphatic carbocycles. The zero-order valence-corrected chi connectivity index (χ0v) is 12.1. The Hall–Kier alpha value is -2.23. The summed E-state index contributed by atoms with van der Waals surface area (Å²) in [6, 6.07) is 8.81. The number of hydrogen-bond donors (Lipinski definition) is 2. The van der Waals surface area contributed by atoms with E-state index in [4.69, 9.17) is 0 Å². The van der Waals surface area contributed by atoms with Crippen molar-refractivity contribution < 1.29 is 5.11 Å². The van der Waals surface area contributed by atoms with Crippen LogP contribution in [0.4, 0.5) is 5.69 Å². The van der Waals surface area contributed by atoms with E-state index < -0.39 is 0 Å². The molecule has 106 valence electrons. The third kappa shape index (κ3) is 3.02. The molecule has 0 fully saturated rings. The first-order chi connectivity index (χ1) is 9.51. The van der Waals surface area contributed by atoms with Gasteiger partial charge in [-0.15, -0.1) is 0 Å². The molecule has 0 saturated heterocycles. The van der Waals surface area contributed by atoms with Gasteiger partial charge in [0.15, 0.2) is 0 Å². The molecule has 0 bridgehead atoms. The van der Waals surface area contributed by atoms with Crippen molar-refractivity contribution in [2.45, 2.75) is 33.4 Å². The van der Waals surface area contributed by atoms with Crippen molar-refractivity contribution in [1.29, 1.82) is 0 Å². The summed E-state index contributed by atoms with van der Waals surface area (Å²) in [6.45, 7) is 6.54. The first-order valence-electron chi connectivity index (χ1n) is 6.77. The van der Waals surface area contributed by atoms with E-state index in [0.717, 1.165) is 16.8 Å². The predicted molar refractivity (Wildman–Crippen MR) is 81.3 cm³/mol. The van der Waals surface area contributed by atoms with Crippen LogP contribution in [0.1, 0.15) is 31.0 Å². The minimum atomic E-state index is -0.0438. The molecule has 4 nitrogen and oxygen atoms in total. The van der Waals surface area contributed by atoms with Gasteiger partial charge in [-0.25, -0.2) is 0 Å². The van der Waals surface area contributed by atoms with Crippen molar-refractivity contribution in [1.82, 2.24) is 4.57 Å². The van der Waals surface area contributed by atoms with Crippen molar-refractivity contribution in [3.05, 3.63) is 58.0 Å². The highest BCUT2D eigenvalue weighted by molar-refractivity contribution is 5.46. The number of phenols is 1. The van der Waals surface area contributed by atoms with Crippen LogP contribution < -0.4 is 10.9 Å². The van der Waals surface area contributed by atoms with Crippen LogP contribution in [0.5, 0.6) is 5.75 Å². The first kappa shape index (κ1) is 14.2. The smallest absolute Gasteiger partial charge is 0.250 e. The normalized spacial score (nSPS) is 12.2. The molecule has 2 rings (SSSR count). The molecule has 20 heavy (non-hydrogen) atoms. The van der Waals surface area contributed by atoms with E-state index in [1.165, 1.54) is 0 Å². The lowest BCUT2D eigenvalue weighted by Crippen LogP contribution is -2.18. The molecule has 2 aromatic rings. The minimum absolute atomic E-state index is 0.0101. The number of benzene rings is 1. The molecule has 1 aromatic carbocycles. The molecule has 1 aromatic heterocycles. The topological polar surface area (TPSA) is 54.3 Å². The number of aryl methyl sites for hydroxylation is 2. The van der Waals surface area contributed by atoms with E-state index in [9.17, 15) is 9.90 Å². The third-order valence-corrected chi connectivity index (χ3v) is 3.36. The van der Waals surface area contributed by atoms with Crippen molar-refractivity contribution in [2.24, 2.45) is 0 Å². The van der Waals surface area contributed by atoms with E-state index in [-0.39, 0.29) is 17.4 Å². The maximum Gasteiger partial charge on any atom is 0.250 e. The number of hydrogen-bond acceptors (Lipinski definition) is 3. The monoisotopic (exact) mass is 272 g/mol. The highest BCUT2D eigenvalue weighted by Gasteiger charge is 2.11. The zero-order valence-electron chi connectivity index (χ0n) is 12.1. The fourth-order valence-electron chi connectivity index (χ4n) is 2.21. The maximum atomic E-state index is 11.6. The Labute approximate surface area is 118 Å². The predicted octanol–water partition coefficient (Wildman–Crippen LogP) is 3.06. The number of aromatic hydroxyl groups is 1. The summed E-state index contributed by atoms with van der Waals surface area (Å²) in [5.41, 5.74) is 2.80. The number of pyridine rings is 1. The molecule has 0 amide bonds. The number of aromatic nitrogens is 1. The summed E-state index contributed by atoms with van der Waals surface area (Å²) in [5, 5.41) is 13.2. The van der Waals surface area contributed by atoms with Crippen molar-refractivity contribution in [2.75, 3.05) is 5.32 Å². The second kappa shape index (κ2) is 5.82. The van der Waals surface area contributed by atoms with Crippen LogP contribution in [0, 0.1) is 6.92 Å². The van der Waals surface area contributed by atoms with Crippen LogP contribution in [-0.4, -0.2) is 9.67 Å². The SMILES string of the molecule is CCn1cc(NC(C)c2cc(C)ccc2O)ccc1=O. The average molecular weight is 272 g/mol. The van der Waals surface area contributed by atoms with Crippen LogP contribution in [-0.2, 0) is 6.54 Å². The van der Waals surface area contributed by atoms with Gasteiger partial charge in [0.25, 0.3) is 5.56 Å². The molecule has 0 spiro atoms. The molecular weight excluding hydrogens is 252 g/mol. The second-order valence-corrected chi connectivity index (χ2v) is 4.97. The van der Waals surface area contributed by atoms with E-state index in [1.807, 2.05) is 32.9 Å². The van der Waals surface area contributed by atoms with Crippen LogP contribution in [0.25, 0.3) is 0 Å². The van der Waals surface area contributed by atoms with Gasteiger partial charge in [0.2, 0.25) is 0 Å². The van der Waals surface area contributed by atoms with E-state index in [1.54, 1.807) is 29.0 Å². The quantitative estimate of drug-likeness (QED) is 0.899. The largest absolute Gasteiger partial charge is 0.508 e. The molecule has 1 unspecified atom stereocenters. The number of phenolic OH excluding ortho intramolecular Hbond substituents is 1. The lowest BCUT2D eigenvalue weighted by molar-refractivity contribution is 0.465. The Morgan fingerprint density at radius 3 is 2.75 bits per heavy atom. The molecule has 0 aliphatic rings. The highest BCUT2D eigenvalue weighted by Crippen LogP contribution is 2.27. The van der Waals surface area contributed by atoms with Crippen molar-refractivity contribution >= 4 is 5.69 Å². The van der Waals surface area contributed by atoms with Gasteiger partial charge >= 0.3 is 0 Å². The number of nitrogens with one attached hydrogen (secondary N) is 1. The van der Waals surface area contributed by atoms with Gasteiger partial charge in [-0.05, 0) is 32.9 Å². The van der Waals surface area contributed by atoms with Crippen molar-refractivity contribution in [3.8, 4) is 5.75 Å². The van der Waals surface area contributed by atoms with Crippen LogP contribution >= 0.6 is 0 Å². The van der Waals surface area contributed by atoms with E-state index in [0.29, 0.717) is 6.54 Å². The molecule has 1 heterocycles. The summed E-state index contributed by atoms with van der Waals surface area (Å²) in [6.07, 6.45) is 1.80. The summed E-state index contributed by atoms with van der Waals surface area (Å²) in [5.74, 6) is 0.277. The third-order valence-electron chi connectivity index (χ3n) is 3.36. The maximum absolute atomic E-state index is 11.6. The number of anilines is 1. The number of nitrogens with zero attached hydrogens (tertiary/aromatic N) is 1. The summed E-state index contributed by atoms with van der Waals surface area (Å²) < 4.78 is 1.64. The molecule has 1 atom stereocenters. The Morgan fingerprint density at radius 1 is 1.30 bits per heavy atom. The average Bonchev–Trinajstić information content (AvgIpc) is 2.43. The van der Waals surface area contributed by atoms with Gasteiger partial charge in [0.05, 0.1) is 11.7 Å². The second-order valence-electron chi connectivity index (χ2n) is 4.97. The van der Waals surface area contributed by atoms with Gasteiger partial charge in [-0.3, -0.25) is 4.79 Å². The Bertz CT molecular complexity index is 662. The van der Waals surface area contributed by atoms with Gasteiger partial charge in [-0.2, -0.15) is 0 Å². The van der Waals surface area contributed by atoms with Gasteiger partial charge < -0.3 is 15.0 Å². The fraction of sp³-hybridized carbons (Fsp3) is 0.312. The van der Waals surface area contributed by atoms with E-state index >= 15 is 0 Å². The van der Waals surface area contributed by atoms with Crippen LogP contribution in [0.15, 0.2) is 41.3 Å². The molecule has 0 radical (unpaired) electrons. The summed E-state index contributed by atoms with van der Waals surface area (Å²) in [4.78, 5) is 11.6. The standard InChI is InChI=1S/C16H20N2O2/c1-4-18-10-13(6-8-16(18)20)17-12(3)14-9-11(2)5-7-15(14)19/h5-10,12,17,19H,4H2,1-3H3. The van der Waals surface area contributed by atoms with Gasteiger partial charge in [0, 0.05) is 24.4 Å². The molecule has 0 saturated carbocycles. The zero-order chi connectivity index (χ0) is 14.7. The lowest BCUT2D eigenvalue weighted by Gasteiger charge is -2.18. The first-order valence-corrected chi connectivity index (χ1v) is 6.77. The van der Waals surface area contributed by atoms with Crippen LogP contribution in [0.2, 0.25) is 0 Å². The number of rotatable bonds is 4. The van der Waals surface area contributed by atoms with Gasteiger partial charge in [0.1, 0.15) is 5.75 Å². The summed E-state index contributed by atoms with van der Waals surface area (Å²) >= 11 is 0. The molecular formula is C16H20N2O2. The lowest BCUT2D eigenvalue weighted by atomic mass is 10.0. The molecule has 2 N–H and O–H groups in total. The Kier molecular flexibility index (Phi) is 4.13. The fourth-order valence-corrected chi connectivity index (χ4v) is 2.21. The Balaban J connectivity index is 2.25. The van der Waals surface area contributed by atoms with E-state index in [2.05, 4.69) is 5.32 Å². The van der Waals surface area contributed by atoms with Crippen molar-refractivity contribution in [3.63, 3.8) is 0 Å². The molecule has 4 heteroatoms. The highest BCUT2D eigenvalue weighted by atomic mass is 16.3. The minimum Gasteiger partial charge on any atom is -0.508 e. The Morgan fingerprint density at radius 2 is 2.05 bits per heavy atom.